The lowest BCUT2D eigenvalue weighted by Crippen LogP contribution is -1.88. The Hall–Kier alpha value is -1.34. The minimum atomic E-state index is 1.16. The normalized spacial score (nSPS) is 9.88. The van der Waals surface area contributed by atoms with Crippen molar-refractivity contribution in [2.24, 2.45) is 0 Å². The Kier molecular flexibility index (Phi) is 3.58. The van der Waals surface area contributed by atoms with Crippen molar-refractivity contribution in [3.8, 4) is 0 Å². The molecule has 0 aliphatic heterocycles. The maximum atomic E-state index is 3.59. The molecular weight excluding hydrogens is 260 g/mol. The molecule has 2 rings (SSSR count). The van der Waals surface area contributed by atoms with Crippen LogP contribution in [0.3, 0.4) is 0 Å². The number of allylic oxidation sites excluding steroid dienone is 1. The summed E-state index contributed by atoms with van der Waals surface area (Å²) in [5.74, 6) is 0. The lowest BCUT2D eigenvalue weighted by molar-refractivity contribution is 1.52. The summed E-state index contributed by atoms with van der Waals surface area (Å²) in [4.78, 5) is 0. The number of hydrogen-bond acceptors (Lipinski definition) is 0. The molecule has 0 unspecified atom stereocenters. The van der Waals surface area contributed by atoms with Gasteiger partial charge in [-0.15, -0.1) is 0 Å². The molecule has 0 heterocycles. The van der Waals surface area contributed by atoms with Gasteiger partial charge in [0.1, 0.15) is 0 Å². The molecular formula is C15H13Br. The Bertz CT molecular complexity index is 438. The Morgan fingerprint density at radius 3 is 1.44 bits per heavy atom. The summed E-state index contributed by atoms with van der Waals surface area (Å²) < 4.78 is 1.16. The Morgan fingerprint density at radius 2 is 1.12 bits per heavy atom. The van der Waals surface area contributed by atoms with Crippen molar-refractivity contribution in [3.05, 3.63) is 76.3 Å². The van der Waals surface area contributed by atoms with Gasteiger partial charge in [0.15, 0.2) is 0 Å². The minimum absolute atomic E-state index is 1.16. The molecule has 2 aromatic rings. The summed E-state index contributed by atoms with van der Waals surface area (Å²) in [6.45, 7) is 2.08. The van der Waals surface area contributed by atoms with E-state index in [-0.39, 0.29) is 0 Å². The number of hydrogen-bond donors (Lipinski definition) is 0. The Balaban J connectivity index is 2.54. The molecule has 80 valence electrons. The first kappa shape index (κ1) is 11.2. The van der Waals surface area contributed by atoms with E-state index in [2.05, 4.69) is 71.4 Å². The molecule has 16 heavy (non-hydrogen) atoms. The van der Waals surface area contributed by atoms with Gasteiger partial charge in [-0.2, -0.15) is 0 Å². The number of rotatable bonds is 2. The van der Waals surface area contributed by atoms with Crippen LogP contribution in [0.5, 0.6) is 0 Å². The van der Waals surface area contributed by atoms with Gasteiger partial charge in [0.25, 0.3) is 0 Å². The van der Waals surface area contributed by atoms with Crippen LogP contribution in [0.1, 0.15) is 18.1 Å². The van der Waals surface area contributed by atoms with Gasteiger partial charge in [0.05, 0.1) is 0 Å². The summed E-state index contributed by atoms with van der Waals surface area (Å²) in [7, 11) is 0. The van der Waals surface area contributed by atoms with E-state index in [1.807, 2.05) is 12.1 Å². The third kappa shape index (κ3) is 2.42. The van der Waals surface area contributed by atoms with E-state index in [9.17, 15) is 0 Å². The van der Waals surface area contributed by atoms with Gasteiger partial charge in [-0.3, -0.25) is 0 Å². The van der Waals surface area contributed by atoms with Gasteiger partial charge in [-0.1, -0.05) is 76.6 Å². The predicted octanol–water partition coefficient (Wildman–Crippen LogP) is 4.86. The number of halogens is 1. The van der Waals surface area contributed by atoms with E-state index >= 15 is 0 Å². The lowest BCUT2D eigenvalue weighted by atomic mass is 9.98. The van der Waals surface area contributed by atoms with E-state index in [0.29, 0.717) is 0 Å². The van der Waals surface area contributed by atoms with Crippen LogP contribution in [-0.2, 0) is 0 Å². The standard InChI is InChI=1S/C15H13Br/c1-12(16)15(13-8-4-2-5-9-13)14-10-6-3-7-11-14/h2-11H,1H3. The smallest absolute Gasteiger partial charge is 0.000400 e. The molecule has 0 aliphatic rings. The molecule has 1 heteroatoms. The maximum absolute atomic E-state index is 3.59. The van der Waals surface area contributed by atoms with Crippen molar-refractivity contribution in [2.75, 3.05) is 0 Å². The average molecular weight is 273 g/mol. The maximum Gasteiger partial charge on any atom is 0.000400 e. The molecule has 0 saturated carbocycles. The van der Waals surface area contributed by atoms with E-state index < -0.39 is 0 Å². The highest BCUT2D eigenvalue weighted by atomic mass is 79.9. The molecule has 0 amide bonds. The third-order valence-electron chi connectivity index (χ3n) is 2.47. The molecule has 0 spiro atoms. The zero-order valence-corrected chi connectivity index (χ0v) is 10.7. The first-order chi connectivity index (χ1) is 7.79. The molecule has 0 N–H and O–H groups in total. The first-order valence-corrected chi connectivity index (χ1v) is 6.05. The molecule has 0 atom stereocenters. The SMILES string of the molecule is CC(Br)=C(c1ccccc1)c1ccccc1. The highest BCUT2D eigenvalue weighted by molar-refractivity contribution is 9.11. The topological polar surface area (TPSA) is 0 Å². The van der Waals surface area contributed by atoms with Gasteiger partial charge in [0.2, 0.25) is 0 Å². The van der Waals surface area contributed by atoms with Gasteiger partial charge >= 0.3 is 0 Å². The van der Waals surface area contributed by atoms with Crippen molar-refractivity contribution in [3.63, 3.8) is 0 Å². The van der Waals surface area contributed by atoms with Gasteiger partial charge in [-0.05, 0) is 23.6 Å². The highest BCUT2D eigenvalue weighted by Gasteiger charge is 2.06. The molecule has 0 saturated heterocycles. The zero-order chi connectivity index (χ0) is 11.4. The molecule has 0 nitrogen and oxygen atoms in total. The molecule has 0 bridgehead atoms. The van der Waals surface area contributed by atoms with Crippen molar-refractivity contribution in [1.29, 1.82) is 0 Å². The fraction of sp³-hybridized carbons (Fsp3) is 0.0667. The Morgan fingerprint density at radius 1 is 0.750 bits per heavy atom. The molecule has 0 fully saturated rings. The van der Waals surface area contributed by atoms with Crippen LogP contribution in [0.4, 0.5) is 0 Å². The van der Waals surface area contributed by atoms with Crippen LogP contribution in [0.25, 0.3) is 5.57 Å². The zero-order valence-electron chi connectivity index (χ0n) is 9.15. The molecule has 0 aliphatic carbocycles. The van der Waals surface area contributed by atoms with E-state index in [0.717, 1.165) is 4.48 Å². The van der Waals surface area contributed by atoms with Crippen molar-refractivity contribution < 1.29 is 0 Å². The van der Waals surface area contributed by atoms with E-state index in [1.165, 1.54) is 16.7 Å². The van der Waals surface area contributed by atoms with Crippen LogP contribution in [0, 0.1) is 0 Å². The Labute approximate surface area is 105 Å². The predicted molar refractivity (Wildman–Crippen MR) is 73.5 cm³/mol. The fourth-order valence-electron chi connectivity index (χ4n) is 1.77. The van der Waals surface area contributed by atoms with Crippen LogP contribution in [0.2, 0.25) is 0 Å². The van der Waals surface area contributed by atoms with Crippen LogP contribution in [-0.4, -0.2) is 0 Å². The number of benzene rings is 2. The second kappa shape index (κ2) is 5.13. The van der Waals surface area contributed by atoms with Crippen LogP contribution >= 0.6 is 15.9 Å². The highest BCUT2D eigenvalue weighted by Crippen LogP contribution is 2.29. The van der Waals surface area contributed by atoms with Crippen molar-refractivity contribution in [1.82, 2.24) is 0 Å². The minimum Gasteiger partial charge on any atom is -0.0622 e. The largest absolute Gasteiger partial charge is 0.0622 e. The summed E-state index contributed by atoms with van der Waals surface area (Å²) in [6, 6.07) is 20.9. The monoisotopic (exact) mass is 272 g/mol. The fourth-order valence-corrected chi connectivity index (χ4v) is 2.23. The van der Waals surface area contributed by atoms with Crippen molar-refractivity contribution >= 4 is 21.5 Å². The third-order valence-corrected chi connectivity index (χ3v) is 2.87. The van der Waals surface area contributed by atoms with Gasteiger partial charge in [0, 0.05) is 4.48 Å². The van der Waals surface area contributed by atoms with Gasteiger partial charge < -0.3 is 0 Å². The quantitative estimate of drug-likeness (QED) is 0.733. The lowest BCUT2D eigenvalue weighted by Gasteiger charge is -2.09. The molecule has 0 radical (unpaired) electrons. The van der Waals surface area contributed by atoms with Gasteiger partial charge in [-0.25, -0.2) is 0 Å². The van der Waals surface area contributed by atoms with E-state index in [4.69, 9.17) is 0 Å². The summed E-state index contributed by atoms with van der Waals surface area (Å²) in [6.07, 6.45) is 0. The first-order valence-electron chi connectivity index (χ1n) is 5.26. The molecule has 0 aromatic heterocycles. The second-order valence-electron chi connectivity index (χ2n) is 3.64. The summed E-state index contributed by atoms with van der Waals surface area (Å²) in [5, 5.41) is 0. The second-order valence-corrected chi connectivity index (χ2v) is 4.83. The average Bonchev–Trinajstić information content (AvgIpc) is 2.31. The summed E-state index contributed by atoms with van der Waals surface area (Å²) in [5.41, 5.74) is 3.73. The van der Waals surface area contributed by atoms with E-state index in [1.54, 1.807) is 0 Å². The van der Waals surface area contributed by atoms with Crippen molar-refractivity contribution in [2.45, 2.75) is 6.92 Å². The van der Waals surface area contributed by atoms with Crippen LogP contribution in [0.15, 0.2) is 65.1 Å². The van der Waals surface area contributed by atoms with Crippen LogP contribution < -0.4 is 0 Å². The molecule has 2 aromatic carbocycles. The summed E-state index contributed by atoms with van der Waals surface area (Å²) >= 11 is 3.59.